The van der Waals surface area contributed by atoms with E-state index in [1.807, 2.05) is 6.08 Å². The predicted octanol–water partition coefficient (Wildman–Crippen LogP) is 2.89. The van der Waals surface area contributed by atoms with Gasteiger partial charge in [0.05, 0.1) is 6.26 Å². The fourth-order valence-corrected chi connectivity index (χ4v) is 0.582. The molecule has 0 atom stereocenters. The van der Waals surface area contributed by atoms with Crippen molar-refractivity contribution in [2.24, 2.45) is 0 Å². The summed E-state index contributed by atoms with van der Waals surface area (Å²) in [5.41, 5.74) is 0. The smallest absolute Gasteiger partial charge is 0.105 e. The highest BCUT2D eigenvalue weighted by Gasteiger charge is 1.76. The molecule has 0 fully saturated rings. The molecule has 0 saturated carbocycles. The Hall–Kier alpha value is -0.720. The first-order valence-corrected chi connectivity index (χ1v) is 3.79. The van der Waals surface area contributed by atoms with E-state index in [1.165, 1.54) is 12.8 Å². The molecule has 0 saturated heterocycles. The predicted molar refractivity (Wildman–Crippen MR) is 44.8 cm³/mol. The van der Waals surface area contributed by atoms with Crippen molar-refractivity contribution in [2.75, 3.05) is 6.61 Å². The van der Waals surface area contributed by atoms with Crippen LogP contribution in [0.4, 0.5) is 0 Å². The van der Waals surface area contributed by atoms with Crippen molar-refractivity contribution in [3.63, 3.8) is 0 Å². The highest BCUT2D eigenvalue weighted by atomic mass is 16.5. The van der Waals surface area contributed by atoms with Crippen LogP contribution in [0.15, 0.2) is 25.0 Å². The van der Waals surface area contributed by atoms with E-state index in [2.05, 4.69) is 13.5 Å². The molecule has 0 unspecified atom stereocenters. The Labute approximate surface area is 63.4 Å². The molecule has 1 heteroatoms. The van der Waals surface area contributed by atoms with Crippen molar-refractivity contribution in [2.45, 2.75) is 26.2 Å². The Morgan fingerprint density at radius 3 is 2.90 bits per heavy atom. The molecule has 1 nitrogen and oxygen atoms in total. The number of hydrogen-bond donors (Lipinski definition) is 0. The largest absolute Gasteiger partial charge is 0.497 e. The molecule has 0 rings (SSSR count). The summed E-state index contributed by atoms with van der Waals surface area (Å²) in [5, 5.41) is 0. The first-order valence-electron chi connectivity index (χ1n) is 3.79. The summed E-state index contributed by atoms with van der Waals surface area (Å²) >= 11 is 0. The van der Waals surface area contributed by atoms with Gasteiger partial charge in [0.1, 0.15) is 6.61 Å². The number of unbranched alkanes of at least 4 members (excludes halogenated alkanes) is 2. The van der Waals surface area contributed by atoms with Crippen LogP contribution in [0.2, 0.25) is 0 Å². The molecule has 0 radical (unpaired) electrons. The summed E-state index contributed by atoms with van der Waals surface area (Å²) in [6, 6.07) is 0. The van der Waals surface area contributed by atoms with Gasteiger partial charge in [0.2, 0.25) is 0 Å². The second kappa shape index (κ2) is 8.28. The van der Waals surface area contributed by atoms with E-state index in [4.69, 9.17) is 4.74 Å². The lowest BCUT2D eigenvalue weighted by Gasteiger charge is -1.92. The monoisotopic (exact) mass is 140 g/mol. The van der Waals surface area contributed by atoms with Crippen LogP contribution in [0.25, 0.3) is 0 Å². The van der Waals surface area contributed by atoms with E-state index in [9.17, 15) is 0 Å². The molecule has 10 heavy (non-hydrogen) atoms. The Balaban J connectivity index is 2.96. The van der Waals surface area contributed by atoms with Crippen LogP contribution < -0.4 is 0 Å². The molecular formula is C9H16O. The zero-order chi connectivity index (χ0) is 7.66. The number of ether oxygens (including phenoxy) is 1. The molecule has 0 aliphatic rings. The first-order chi connectivity index (χ1) is 4.91. The van der Waals surface area contributed by atoms with Gasteiger partial charge in [0, 0.05) is 0 Å². The van der Waals surface area contributed by atoms with E-state index in [0.29, 0.717) is 6.61 Å². The van der Waals surface area contributed by atoms with Crippen molar-refractivity contribution >= 4 is 0 Å². The van der Waals surface area contributed by atoms with Crippen molar-refractivity contribution in [1.82, 2.24) is 0 Å². The van der Waals surface area contributed by atoms with Crippen molar-refractivity contribution in [3.8, 4) is 0 Å². The summed E-state index contributed by atoms with van der Waals surface area (Å²) in [7, 11) is 0. The van der Waals surface area contributed by atoms with Gasteiger partial charge < -0.3 is 4.74 Å². The van der Waals surface area contributed by atoms with E-state index in [0.717, 1.165) is 6.42 Å². The molecule has 0 aromatic rings. The van der Waals surface area contributed by atoms with Gasteiger partial charge in [0.25, 0.3) is 0 Å². The minimum absolute atomic E-state index is 0.614. The van der Waals surface area contributed by atoms with Gasteiger partial charge in [-0.2, -0.15) is 0 Å². The third-order valence-electron chi connectivity index (χ3n) is 1.13. The Morgan fingerprint density at radius 1 is 1.50 bits per heavy atom. The van der Waals surface area contributed by atoms with E-state index in [-0.39, 0.29) is 0 Å². The number of hydrogen-bond acceptors (Lipinski definition) is 1. The topological polar surface area (TPSA) is 9.23 Å². The maximum Gasteiger partial charge on any atom is 0.105 e. The lowest BCUT2D eigenvalue weighted by Crippen LogP contribution is -1.78. The maximum absolute atomic E-state index is 5.03. The van der Waals surface area contributed by atoms with Gasteiger partial charge >= 0.3 is 0 Å². The van der Waals surface area contributed by atoms with Crippen molar-refractivity contribution in [1.29, 1.82) is 0 Å². The molecule has 0 N–H and O–H groups in total. The van der Waals surface area contributed by atoms with Crippen LogP contribution in [0.3, 0.4) is 0 Å². The average molecular weight is 140 g/mol. The van der Waals surface area contributed by atoms with Gasteiger partial charge in [-0.15, -0.1) is 0 Å². The fraction of sp³-hybridized carbons (Fsp3) is 0.556. The number of rotatable bonds is 6. The summed E-state index contributed by atoms with van der Waals surface area (Å²) in [4.78, 5) is 0. The van der Waals surface area contributed by atoms with Gasteiger partial charge in [-0.3, -0.25) is 0 Å². The molecule has 0 bridgehead atoms. The molecule has 0 aromatic carbocycles. The van der Waals surface area contributed by atoms with Gasteiger partial charge in [0.15, 0.2) is 0 Å². The molecule has 0 aromatic heterocycles. The second-order valence-electron chi connectivity index (χ2n) is 2.14. The van der Waals surface area contributed by atoms with E-state index >= 15 is 0 Å². The molecule has 0 heterocycles. The molecule has 0 amide bonds. The Kier molecular flexibility index (Phi) is 7.68. The minimum atomic E-state index is 0.614. The highest BCUT2D eigenvalue weighted by Crippen LogP contribution is 1.94. The molecule has 0 spiro atoms. The van der Waals surface area contributed by atoms with Crippen LogP contribution in [0.5, 0.6) is 0 Å². The zero-order valence-corrected chi connectivity index (χ0v) is 6.68. The molecule has 0 aliphatic carbocycles. The summed E-state index contributed by atoms with van der Waals surface area (Å²) in [6.07, 6.45) is 9.14. The Morgan fingerprint density at radius 2 is 2.30 bits per heavy atom. The third-order valence-corrected chi connectivity index (χ3v) is 1.13. The average Bonchev–Trinajstić information content (AvgIpc) is 1.97. The maximum atomic E-state index is 5.03. The summed E-state index contributed by atoms with van der Waals surface area (Å²) < 4.78 is 5.03. The third kappa shape index (κ3) is 7.28. The quantitative estimate of drug-likeness (QED) is 0.313. The SMILES string of the molecule is C=CCOC=CCCCC. The summed E-state index contributed by atoms with van der Waals surface area (Å²) in [5.74, 6) is 0. The lowest BCUT2D eigenvalue weighted by molar-refractivity contribution is 0.288. The highest BCUT2D eigenvalue weighted by molar-refractivity contribution is 4.75. The minimum Gasteiger partial charge on any atom is -0.497 e. The van der Waals surface area contributed by atoms with Gasteiger partial charge in [-0.05, 0) is 18.9 Å². The van der Waals surface area contributed by atoms with Crippen LogP contribution in [-0.4, -0.2) is 6.61 Å². The second-order valence-corrected chi connectivity index (χ2v) is 2.14. The normalized spacial score (nSPS) is 10.1. The van der Waals surface area contributed by atoms with E-state index in [1.54, 1.807) is 12.3 Å². The van der Waals surface area contributed by atoms with Crippen molar-refractivity contribution in [3.05, 3.63) is 25.0 Å². The Bertz CT molecular complexity index is 94.9. The lowest BCUT2D eigenvalue weighted by atomic mass is 10.2. The van der Waals surface area contributed by atoms with Gasteiger partial charge in [-0.1, -0.05) is 26.0 Å². The van der Waals surface area contributed by atoms with Crippen molar-refractivity contribution < 1.29 is 4.74 Å². The van der Waals surface area contributed by atoms with Gasteiger partial charge in [-0.25, -0.2) is 0 Å². The van der Waals surface area contributed by atoms with Crippen LogP contribution in [0, 0.1) is 0 Å². The van der Waals surface area contributed by atoms with Crippen LogP contribution >= 0.6 is 0 Å². The standard InChI is InChI=1S/C9H16O/c1-3-5-6-7-9-10-8-4-2/h4,7,9H,2-3,5-6,8H2,1H3. The van der Waals surface area contributed by atoms with E-state index < -0.39 is 0 Å². The van der Waals surface area contributed by atoms with Crippen LogP contribution in [0.1, 0.15) is 26.2 Å². The molecular weight excluding hydrogens is 124 g/mol. The first kappa shape index (κ1) is 9.28. The zero-order valence-electron chi connectivity index (χ0n) is 6.68. The molecule has 58 valence electrons. The summed E-state index contributed by atoms with van der Waals surface area (Å²) in [6.45, 7) is 6.33. The number of allylic oxidation sites excluding steroid dienone is 1. The van der Waals surface area contributed by atoms with Crippen LogP contribution in [-0.2, 0) is 4.74 Å². The fourth-order valence-electron chi connectivity index (χ4n) is 0.582. The molecule has 0 aliphatic heterocycles.